The summed E-state index contributed by atoms with van der Waals surface area (Å²) in [4.78, 5) is 23.8. The second-order valence-electron chi connectivity index (χ2n) is 8.88. The van der Waals surface area contributed by atoms with E-state index in [1.807, 2.05) is 0 Å². The molecule has 0 saturated carbocycles. The van der Waals surface area contributed by atoms with Crippen LogP contribution in [0.5, 0.6) is 0 Å². The molecule has 1 aromatic rings. The molecule has 1 amide bonds. The molecule has 0 radical (unpaired) electrons. The monoisotopic (exact) mass is 417 g/mol. The minimum atomic E-state index is -4.43. The van der Waals surface area contributed by atoms with E-state index in [0.29, 0.717) is 12.0 Å². The maximum absolute atomic E-state index is 12.8. The first-order valence-electron chi connectivity index (χ1n) is 9.41. The van der Waals surface area contributed by atoms with Gasteiger partial charge in [0.2, 0.25) is 0 Å². The molecule has 0 spiro atoms. The van der Waals surface area contributed by atoms with E-state index in [1.54, 1.807) is 41.5 Å². The minimum Gasteiger partial charge on any atom is -0.465 e. The van der Waals surface area contributed by atoms with Crippen LogP contribution >= 0.6 is 0 Å². The number of hydrogen-bond donors (Lipinski definition) is 1. The van der Waals surface area contributed by atoms with Crippen LogP contribution in [-0.4, -0.2) is 30.8 Å². The topological polar surface area (TPSA) is 64.6 Å². The fourth-order valence-corrected chi connectivity index (χ4v) is 2.35. The number of halogens is 3. The Labute approximate surface area is 170 Å². The lowest BCUT2D eigenvalue weighted by Crippen LogP contribution is -2.34. The highest BCUT2D eigenvalue weighted by Crippen LogP contribution is 2.31. The van der Waals surface area contributed by atoms with Crippen molar-refractivity contribution in [2.24, 2.45) is 5.41 Å². The fourth-order valence-electron chi connectivity index (χ4n) is 2.35. The van der Waals surface area contributed by atoms with Gasteiger partial charge >= 0.3 is 18.2 Å². The predicted molar refractivity (Wildman–Crippen MR) is 103 cm³/mol. The first kappa shape index (κ1) is 24.8. The van der Waals surface area contributed by atoms with Crippen molar-refractivity contribution in [1.82, 2.24) is 5.32 Å². The van der Waals surface area contributed by atoms with Crippen molar-refractivity contribution in [3.8, 4) is 0 Å². The Balaban J connectivity index is 2.83. The van der Waals surface area contributed by atoms with Gasteiger partial charge in [-0.2, -0.15) is 13.2 Å². The van der Waals surface area contributed by atoms with Crippen LogP contribution in [-0.2, 0) is 20.4 Å². The van der Waals surface area contributed by atoms with Crippen molar-refractivity contribution >= 4 is 12.1 Å². The van der Waals surface area contributed by atoms with Crippen molar-refractivity contribution in [3.63, 3.8) is 0 Å². The number of carbonyl (C=O) groups is 2. The van der Waals surface area contributed by atoms with Gasteiger partial charge in [0.15, 0.2) is 0 Å². The standard InChI is InChI=1S/C21H30F3NO4/c1-19(2,3)17(26)28-13-15(11-12-25-18(27)29-20(4,5)6)14-7-9-16(10-8-14)21(22,23)24/h7-10,15H,11-13H2,1-6H3,(H,25,27). The summed E-state index contributed by atoms with van der Waals surface area (Å²) >= 11 is 0. The third kappa shape index (κ3) is 9.19. The van der Waals surface area contributed by atoms with E-state index in [2.05, 4.69) is 5.32 Å². The molecule has 8 heteroatoms. The average molecular weight is 417 g/mol. The normalized spacial score (nSPS) is 13.6. The molecular weight excluding hydrogens is 387 g/mol. The van der Waals surface area contributed by atoms with E-state index < -0.39 is 34.8 Å². The number of benzene rings is 1. The van der Waals surface area contributed by atoms with E-state index in [0.717, 1.165) is 12.1 Å². The number of alkyl carbamates (subject to hydrolysis) is 1. The van der Waals surface area contributed by atoms with Crippen LogP contribution in [0.2, 0.25) is 0 Å². The Kier molecular flexibility index (Phi) is 8.12. The van der Waals surface area contributed by atoms with E-state index in [-0.39, 0.29) is 19.1 Å². The van der Waals surface area contributed by atoms with Crippen LogP contribution in [0.15, 0.2) is 24.3 Å². The molecule has 0 aliphatic carbocycles. The third-order valence-corrected chi connectivity index (χ3v) is 3.90. The maximum atomic E-state index is 12.8. The molecule has 0 fully saturated rings. The molecule has 164 valence electrons. The van der Waals surface area contributed by atoms with Gasteiger partial charge in [-0.1, -0.05) is 12.1 Å². The molecule has 5 nitrogen and oxygen atoms in total. The Morgan fingerprint density at radius 3 is 2.00 bits per heavy atom. The van der Waals surface area contributed by atoms with E-state index in [9.17, 15) is 22.8 Å². The first-order chi connectivity index (χ1) is 13.1. The quantitative estimate of drug-likeness (QED) is 0.639. The van der Waals surface area contributed by atoms with Crippen molar-refractivity contribution < 1.29 is 32.2 Å². The van der Waals surface area contributed by atoms with Gasteiger partial charge < -0.3 is 14.8 Å². The van der Waals surface area contributed by atoms with Crippen LogP contribution < -0.4 is 5.32 Å². The summed E-state index contributed by atoms with van der Waals surface area (Å²) in [5.41, 5.74) is -1.50. The van der Waals surface area contributed by atoms with Gasteiger partial charge in [-0.15, -0.1) is 0 Å². The zero-order valence-electron chi connectivity index (χ0n) is 17.8. The molecule has 1 N–H and O–H groups in total. The number of hydrogen-bond acceptors (Lipinski definition) is 4. The molecule has 0 bridgehead atoms. The third-order valence-electron chi connectivity index (χ3n) is 3.90. The van der Waals surface area contributed by atoms with Gasteiger partial charge in [0, 0.05) is 12.5 Å². The largest absolute Gasteiger partial charge is 0.465 e. The predicted octanol–water partition coefficient (Wildman–Crippen LogP) is 5.29. The second-order valence-corrected chi connectivity index (χ2v) is 8.88. The van der Waals surface area contributed by atoms with Crippen LogP contribution in [0.4, 0.5) is 18.0 Å². The number of nitrogens with one attached hydrogen (secondary N) is 1. The molecule has 0 aromatic heterocycles. The molecule has 29 heavy (non-hydrogen) atoms. The summed E-state index contributed by atoms with van der Waals surface area (Å²) in [7, 11) is 0. The second kappa shape index (κ2) is 9.50. The molecule has 1 aromatic carbocycles. The SMILES string of the molecule is CC(C)(C)OC(=O)NCCC(COC(=O)C(C)(C)C)c1ccc(C(F)(F)F)cc1. The zero-order valence-corrected chi connectivity index (χ0v) is 17.8. The number of carbonyl (C=O) groups excluding carboxylic acids is 2. The number of alkyl halides is 3. The van der Waals surface area contributed by atoms with Crippen molar-refractivity contribution in [1.29, 1.82) is 0 Å². The van der Waals surface area contributed by atoms with Gasteiger partial charge in [-0.05, 0) is 65.7 Å². The minimum absolute atomic E-state index is 0.00251. The number of rotatable bonds is 6. The Hall–Kier alpha value is -2.25. The van der Waals surface area contributed by atoms with Crippen molar-refractivity contribution in [2.75, 3.05) is 13.2 Å². The van der Waals surface area contributed by atoms with Crippen molar-refractivity contribution in [2.45, 2.75) is 65.7 Å². The molecule has 0 heterocycles. The van der Waals surface area contributed by atoms with Gasteiger partial charge in [0.25, 0.3) is 0 Å². The molecule has 0 aliphatic rings. The van der Waals surface area contributed by atoms with Gasteiger partial charge in [0.1, 0.15) is 5.60 Å². The lowest BCUT2D eigenvalue weighted by molar-refractivity contribution is -0.153. The smallest absolute Gasteiger partial charge is 0.416 e. The van der Waals surface area contributed by atoms with Gasteiger partial charge in [-0.3, -0.25) is 4.79 Å². The molecule has 1 rings (SSSR count). The van der Waals surface area contributed by atoms with E-state index in [4.69, 9.17) is 9.47 Å². The lowest BCUT2D eigenvalue weighted by atomic mass is 9.94. The lowest BCUT2D eigenvalue weighted by Gasteiger charge is -2.23. The fraction of sp³-hybridized carbons (Fsp3) is 0.619. The molecular formula is C21H30F3NO4. The molecule has 0 saturated heterocycles. The zero-order chi connectivity index (χ0) is 22.5. The van der Waals surface area contributed by atoms with E-state index in [1.165, 1.54) is 12.1 Å². The summed E-state index contributed by atoms with van der Waals surface area (Å²) < 4.78 is 48.9. The summed E-state index contributed by atoms with van der Waals surface area (Å²) in [6, 6.07) is 4.72. The highest BCUT2D eigenvalue weighted by atomic mass is 19.4. The van der Waals surface area contributed by atoms with Gasteiger partial charge in [-0.25, -0.2) is 4.79 Å². The highest BCUT2D eigenvalue weighted by Gasteiger charge is 2.30. The number of amides is 1. The van der Waals surface area contributed by atoms with Crippen LogP contribution in [0.3, 0.4) is 0 Å². The highest BCUT2D eigenvalue weighted by molar-refractivity contribution is 5.75. The Bertz CT molecular complexity index is 686. The van der Waals surface area contributed by atoms with Gasteiger partial charge in [0.05, 0.1) is 17.6 Å². The average Bonchev–Trinajstić information content (AvgIpc) is 2.54. The summed E-state index contributed by atoms with van der Waals surface area (Å²) in [5.74, 6) is -0.784. The van der Waals surface area contributed by atoms with E-state index >= 15 is 0 Å². The maximum Gasteiger partial charge on any atom is 0.416 e. The molecule has 1 unspecified atom stereocenters. The summed E-state index contributed by atoms with van der Waals surface area (Å²) in [6.45, 7) is 10.6. The molecule has 0 aliphatic heterocycles. The number of esters is 1. The Morgan fingerprint density at radius 1 is 1.00 bits per heavy atom. The van der Waals surface area contributed by atoms with Crippen LogP contribution in [0.25, 0.3) is 0 Å². The van der Waals surface area contributed by atoms with Crippen molar-refractivity contribution in [3.05, 3.63) is 35.4 Å². The molecule has 1 atom stereocenters. The van der Waals surface area contributed by atoms with Crippen LogP contribution in [0, 0.1) is 5.41 Å². The summed E-state index contributed by atoms with van der Waals surface area (Å²) in [6.07, 6.45) is -4.65. The Morgan fingerprint density at radius 2 is 1.55 bits per heavy atom. The number of ether oxygens (including phenoxy) is 2. The van der Waals surface area contributed by atoms with Crippen LogP contribution in [0.1, 0.15) is 65.0 Å². The summed E-state index contributed by atoms with van der Waals surface area (Å²) in [5, 5.41) is 2.61. The first-order valence-corrected chi connectivity index (χ1v) is 9.41.